The van der Waals surface area contributed by atoms with Crippen LogP contribution in [0.25, 0.3) is 0 Å². The lowest BCUT2D eigenvalue weighted by Crippen LogP contribution is -2.41. The Labute approximate surface area is 117 Å². The molecule has 1 heterocycles. The summed E-state index contributed by atoms with van der Waals surface area (Å²) in [5.74, 6) is -0.768. The van der Waals surface area contributed by atoms with Gasteiger partial charge in [-0.2, -0.15) is 0 Å². The maximum Gasteiger partial charge on any atom is 0.246 e. The van der Waals surface area contributed by atoms with E-state index < -0.39 is 6.04 Å². The summed E-state index contributed by atoms with van der Waals surface area (Å²) in [4.78, 5) is 35.8. The number of likely N-dealkylation sites (N-methyl/N-ethyl adjacent to an activating group) is 1. The number of aryl methyl sites for hydroxylation is 1. The van der Waals surface area contributed by atoms with Crippen LogP contribution in [0.5, 0.6) is 0 Å². The number of amides is 3. The number of carbonyl (C=O) groups excluding carboxylic acids is 3. The summed E-state index contributed by atoms with van der Waals surface area (Å²) in [7, 11) is 1.44. The monoisotopic (exact) mass is 275 g/mol. The highest BCUT2D eigenvalue weighted by Crippen LogP contribution is 2.11. The molecule has 0 radical (unpaired) electrons. The molecule has 1 aromatic rings. The van der Waals surface area contributed by atoms with E-state index in [0.717, 1.165) is 10.5 Å². The number of nitrogens with zero attached hydrogens (tertiary/aromatic N) is 1. The van der Waals surface area contributed by atoms with Crippen LogP contribution in [0.15, 0.2) is 24.3 Å². The van der Waals surface area contributed by atoms with Crippen LogP contribution in [0, 0.1) is 6.92 Å². The molecule has 0 bridgehead atoms. The molecule has 1 saturated heterocycles. The predicted octanol–water partition coefficient (Wildman–Crippen LogP) is 0.280. The molecule has 2 N–H and O–H groups in total. The van der Waals surface area contributed by atoms with Gasteiger partial charge in [0, 0.05) is 12.7 Å². The topological polar surface area (TPSA) is 78.5 Å². The number of carbonyl (C=O) groups is 3. The minimum atomic E-state index is -0.601. The van der Waals surface area contributed by atoms with Gasteiger partial charge in [0.15, 0.2) is 0 Å². The van der Waals surface area contributed by atoms with E-state index in [9.17, 15) is 14.4 Å². The lowest BCUT2D eigenvalue weighted by molar-refractivity contribution is -0.137. The number of nitrogens with one attached hydrogen (secondary N) is 2. The van der Waals surface area contributed by atoms with Gasteiger partial charge in [-0.05, 0) is 24.6 Å². The predicted molar refractivity (Wildman–Crippen MR) is 74.0 cm³/mol. The second-order valence-corrected chi connectivity index (χ2v) is 4.85. The first-order valence-corrected chi connectivity index (χ1v) is 6.37. The first-order valence-electron chi connectivity index (χ1n) is 6.37. The molecule has 1 unspecified atom stereocenters. The molecule has 1 aliphatic rings. The fourth-order valence-corrected chi connectivity index (χ4v) is 2.06. The Bertz CT molecular complexity index is 556. The normalized spacial score (nSPS) is 18.5. The summed E-state index contributed by atoms with van der Waals surface area (Å²) in [6.07, 6.45) is 0.104. The van der Waals surface area contributed by atoms with Crippen LogP contribution < -0.4 is 10.6 Å². The van der Waals surface area contributed by atoms with Crippen molar-refractivity contribution in [3.05, 3.63) is 29.8 Å². The summed E-state index contributed by atoms with van der Waals surface area (Å²) in [5.41, 5.74) is 1.76. The second kappa shape index (κ2) is 5.83. The largest absolute Gasteiger partial charge is 0.325 e. The molecule has 20 heavy (non-hydrogen) atoms. The van der Waals surface area contributed by atoms with E-state index in [-0.39, 0.29) is 30.7 Å². The van der Waals surface area contributed by atoms with Crippen molar-refractivity contribution in [1.29, 1.82) is 0 Å². The van der Waals surface area contributed by atoms with E-state index in [1.807, 2.05) is 25.1 Å². The molecule has 1 fully saturated rings. The summed E-state index contributed by atoms with van der Waals surface area (Å²) in [6.45, 7) is 1.93. The second-order valence-electron chi connectivity index (χ2n) is 4.85. The Morgan fingerprint density at radius 3 is 2.75 bits per heavy atom. The van der Waals surface area contributed by atoms with Gasteiger partial charge in [-0.1, -0.05) is 12.1 Å². The average Bonchev–Trinajstić information content (AvgIpc) is 2.64. The smallest absolute Gasteiger partial charge is 0.246 e. The Kier molecular flexibility index (Phi) is 4.14. The van der Waals surface area contributed by atoms with Crippen LogP contribution in [0.2, 0.25) is 0 Å². The van der Waals surface area contributed by atoms with Gasteiger partial charge in [0.1, 0.15) is 0 Å². The molecule has 1 aromatic carbocycles. The Morgan fingerprint density at radius 2 is 2.15 bits per heavy atom. The van der Waals surface area contributed by atoms with Crippen LogP contribution in [0.1, 0.15) is 12.0 Å². The third kappa shape index (κ3) is 3.21. The minimum absolute atomic E-state index is 0.00846. The van der Waals surface area contributed by atoms with Gasteiger partial charge in [0.25, 0.3) is 0 Å². The number of likely N-dealkylation sites (tertiary alicyclic amines) is 1. The average molecular weight is 275 g/mol. The van der Waals surface area contributed by atoms with Crippen molar-refractivity contribution < 1.29 is 14.4 Å². The fraction of sp³-hybridized carbons (Fsp3) is 0.357. The molecule has 1 aliphatic heterocycles. The summed E-state index contributed by atoms with van der Waals surface area (Å²) >= 11 is 0. The summed E-state index contributed by atoms with van der Waals surface area (Å²) in [6, 6.07) is 6.84. The Balaban J connectivity index is 1.84. The highest BCUT2D eigenvalue weighted by atomic mass is 16.2. The number of hydrogen-bond donors (Lipinski definition) is 2. The molecule has 2 rings (SSSR count). The number of rotatable bonds is 4. The quantitative estimate of drug-likeness (QED) is 0.774. The van der Waals surface area contributed by atoms with Gasteiger partial charge in [-0.3, -0.25) is 24.6 Å². The van der Waals surface area contributed by atoms with E-state index in [0.29, 0.717) is 5.69 Å². The van der Waals surface area contributed by atoms with Crippen molar-refractivity contribution in [2.24, 2.45) is 0 Å². The number of imide groups is 1. The first-order chi connectivity index (χ1) is 9.47. The number of benzene rings is 1. The lowest BCUT2D eigenvalue weighted by Gasteiger charge is -2.11. The molecular formula is C14H17N3O3. The molecular weight excluding hydrogens is 258 g/mol. The number of hydrogen-bond acceptors (Lipinski definition) is 4. The maximum atomic E-state index is 11.8. The van der Waals surface area contributed by atoms with Gasteiger partial charge >= 0.3 is 0 Å². The highest BCUT2D eigenvalue weighted by molar-refractivity contribution is 6.05. The van der Waals surface area contributed by atoms with Gasteiger partial charge in [-0.15, -0.1) is 0 Å². The van der Waals surface area contributed by atoms with Gasteiger partial charge in [0.05, 0.1) is 19.0 Å². The SMILES string of the molecule is Cc1cccc(NC(=O)CNC2CC(=O)N(C)C2=O)c1. The van der Waals surface area contributed by atoms with Crippen molar-refractivity contribution in [2.75, 3.05) is 18.9 Å². The molecule has 3 amide bonds. The standard InChI is InChI=1S/C14H17N3O3/c1-9-4-3-5-10(6-9)16-12(18)8-15-11-7-13(19)17(2)14(11)20/h3-6,11,15H,7-8H2,1-2H3,(H,16,18). The van der Waals surface area contributed by atoms with Crippen molar-refractivity contribution in [3.63, 3.8) is 0 Å². The third-order valence-corrected chi connectivity index (χ3v) is 3.19. The molecule has 106 valence electrons. The molecule has 0 aliphatic carbocycles. The van der Waals surface area contributed by atoms with E-state index in [1.165, 1.54) is 7.05 Å². The fourth-order valence-electron chi connectivity index (χ4n) is 2.06. The Morgan fingerprint density at radius 1 is 1.40 bits per heavy atom. The molecule has 6 heteroatoms. The van der Waals surface area contributed by atoms with Crippen LogP contribution in [0.3, 0.4) is 0 Å². The van der Waals surface area contributed by atoms with Crippen LogP contribution in [-0.2, 0) is 14.4 Å². The van der Waals surface area contributed by atoms with Gasteiger partial charge < -0.3 is 5.32 Å². The first kappa shape index (κ1) is 14.2. The zero-order valence-corrected chi connectivity index (χ0v) is 11.5. The van der Waals surface area contributed by atoms with Gasteiger partial charge in [-0.25, -0.2) is 0 Å². The molecule has 1 atom stereocenters. The van der Waals surface area contributed by atoms with Crippen molar-refractivity contribution in [2.45, 2.75) is 19.4 Å². The van der Waals surface area contributed by atoms with Gasteiger partial charge in [0.2, 0.25) is 17.7 Å². The molecule has 0 spiro atoms. The van der Waals surface area contributed by atoms with Crippen molar-refractivity contribution in [1.82, 2.24) is 10.2 Å². The number of anilines is 1. The van der Waals surface area contributed by atoms with E-state index in [4.69, 9.17) is 0 Å². The summed E-state index contributed by atoms with van der Waals surface area (Å²) in [5, 5.41) is 5.54. The van der Waals surface area contributed by atoms with Crippen molar-refractivity contribution >= 4 is 23.4 Å². The zero-order valence-electron chi connectivity index (χ0n) is 11.5. The highest BCUT2D eigenvalue weighted by Gasteiger charge is 2.35. The van der Waals surface area contributed by atoms with Crippen LogP contribution >= 0.6 is 0 Å². The van der Waals surface area contributed by atoms with Crippen LogP contribution in [-0.4, -0.2) is 42.3 Å². The molecule has 0 aromatic heterocycles. The minimum Gasteiger partial charge on any atom is -0.325 e. The maximum absolute atomic E-state index is 11.8. The van der Waals surface area contributed by atoms with Crippen molar-refractivity contribution in [3.8, 4) is 0 Å². The van der Waals surface area contributed by atoms with E-state index in [2.05, 4.69) is 10.6 Å². The Hall–Kier alpha value is -2.21. The van der Waals surface area contributed by atoms with E-state index in [1.54, 1.807) is 6.07 Å². The lowest BCUT2D eigenvalue weighted by atomic mass is 10.2. The molecule has 0 saturated carbocycles. The summed E-state index contributed by atoms with van der Waals surface area (Å²) < 4.78 is 0. The van der Waals surface area contributed by atoms with Crippen LogP contribution in [0.4, 0.5) is 5.69 Å². The zero-order chi connectivity index (χ0) is 14.7. The third-order valence-electron chi connectivity index (χ3n) is 3.19. The molecule has 6 nitrogen and oxygen atoms in total. The van der Waals surface area contributed by atoms with E-state index >= 15 is 0 Å².